The fourth-order valence-corrected chi connectivity index (χ4v) is 0.815. The molecule has 0 radical (unpaired) electrons. The van der Waals surface area contributed by atoms with Crippen LogP contribution in [0, 0.1) is 0 Å². The van der Waals surface area contributed by atoms with Gasteiger partial charge in [-0.1, -0.05) is 32.9 Å². The van der Waals surface area contributed by atoms with E-state index in [9.17, 15) is 0 Å². The van der Waals surface area contributed by atoms with Gasteiger partial charge in [-0.05, 0) is 24.1 Å². The summed E-state index contributed by atoms with van der Waals surface area (Å²) in [7, 11) is 0. The first-order valence-corrected chi connectivity index (χ1v) is 4.36. The first-order chi connectivity index (χ1) is 5.86. The van der Waals surface area contributed by atoms with Gasteiger partial charge in [0.05, 0.1) is 5.69 Å². The van der Waals surface area contributed by atoms with Crippen molar-refractivity contribution < 1.29 is 10.7 Å². The van der Waals surface area contributed by atoms with Crippen LogP contribution in [-0.2, 0) is 6.42 Å². The Kier molecular flexibility index (Phi) is 10.0. The minimum Gasteiger partial charge on any atom is -0.412 e. The highest BCUT2D eigenvalue weighted by Crippen LogP contribution is 2.07. The Bertz CT molecular complexity index is 174. The summed E-state index contributed by atoms with van der Waals surface area (Å²) in [6.45, 7) is 6.10. The zero-order valence-corrected chi connectivity index (χ0v) is 8.46. The van der Waals surface area contributed by atoms with Crippen molar-refractivity contribution in [3.63, 3.8) is 0 Å². The van der Waals surface area contributed by atoms with E-state index in [1.54, 1.807) is 0 Å². The van der Waals surface area contributed by atoms with Crippen LogP contribution in [0.25, 0.3) is 0 Å². The molecule has 4 N–H and O–H groups in total. The molecule has 1 aromatic rings. The first-order valence-electron chi connectivity index (χ1n) is 4.36. The predicted molar refractivity (Wildman–Crippen MR) is 56.2 cm³/mol. The van der Waals surface area contributed by atoms with Crippen LogP contribution in [0.15, 0.2) is 24.3 Å². The Morgan fingerprint density at radius 2 is 1.62 bits per heavy atom. The van der Waals surface area contributed by atoms with Crippen molar-refractivity contribution in [1.29, 1.82) is 0 Å². The molecule has 13 heavy (non-hydrogen) atoms. The van der Waals surface area contributed by atoms with E-state index in [1.807, 2.05) is 38.1 Å². The van der Waals surface area contributed by atoms with Crippen LogP contribution in [0.1, 0.15) is 26.3 Å². The van der Waals surface area contributed by atoms with Crippen molar-refractivity contribution in [2.75, 3.05) is 5.48 Å². The minimum absolute atomic E-state index is 0. The fraction of sp³-hybridized carbons (Fsp3) is 0.400. The van der Waals surface area contributed by atoms with Gasteiger partial charge in [-0.25, -0.2) is 0 Å². The van der Waals surface area contributed by atoms with Crippen LogP contribution in [0.5, 0.6) is 0 Å². The molecule has 0 spiro atoms. The normalized spacial score (nSPS) is 7.69. The van der Waals surface area contributed by atoms with Crippen LogP contribution in [0.3, 0.4) is 0 Å². The zero-order valence-electron chi connectivity index (χ0n) is 8.46. The first kappa shape index (κ1) is 14.5. The van der Waals surface area contributed by atoms with Crippen LogP contribution >= 0.6 is 0 Å². The van der Waals surface area contributed by atoms with Crippen molar-refractivity contribution in [1.82, 2.24) is 0 Å². The van der Waals surface area contributed by atoms with Gasteiger partial charge < -0.3 is 5.48 Å². The van der Waals surface area contributed by atoms with E-state index >= 15 is 0 Å². The monoisotopic (exact) mass is 185 g/mol. The van der Waals surface area contributed by atoms with Gasteiger partial charge in [0.15, 0.2) is 0 Å². The smallest absolute Gasteiger partial charge is 0.0602 e. The van der Waals surface area contributed by atoms with Crippen molar-refractivity contribution >= 4 is 5.69 Å². The second-order valence-electron chi connectivity index (χ2n) is 2.16. The average molecular weight is 185 g/mol. The Labute approximate surface area is 79.7 Å². The van der Waals surface area contributed by atoms with Crippen molar-refractivity contribution in [2.24, 2.45) is 0 Å². The molecular formula is C10H19NO2. The van der Waals surface area contributed by atoms with Gasteiger partial charge in [-0.15, -0.1) is 0 Å². The highest BCUT2D eigenvalue weighted by atomic mass is 16.5. The Hall–Kier alpha value is -1.06. The Morgan fingerprint density at radius 1 is 1.15 bits per heavy atom. The number of hydrogen-bond donors (Lipinski definition) is 2. The highest BCUT2D eigenvalue weighted by molar-refractivity contribution is 5.42. The maximum atomic E-state index is 8.45. The third-order valence-corrected chi connectivity index (χ3v) is 1.49. The summed E-state index contributed by atoms with van der Waals surface area (Å²) in [6.07, 6.45) is 1.03. The number of benzene rings is 1. The van der Waals surface area contributed by atoms with E-state index in [1.165, 1.54) is 5.56 Å². The summed E-state index contributed by atoms with van der Waals surface area (Å²) in [5, 5.41) is 8.45. The highest BCUT2D eigenvalue weighted by Gasteiger charge is 1.88. The van der Waals surface area contributed by atoms with E-state index < -0.39 is 0 Å². The molecule has 0 aliphatic carbocycles. The molecule has 1 aromatic carbocycles. The van der Waals surface area contributed by atoms with Gasteiger partial charge in [0.2, 0.25) is 0 Å². The van der Waals surface area contributed by atoms with Crippen molar-refractivity contribution in [3.8, 4) is 0 Å². The van der Waals surface area contributed by atoms with Gasteiger partial charge in [-0.2, -0.15) is 0 Å². The quantitative estimate of drug-likeness (QED) is 0.694. The number of rotatable bonds is 2. The molecule has 3 nitrogen and oxygen atoms in total. The molecular weight excluding hydrogens is 166 g/mol. The molecule has 0 aromatic heterocycles. The summed E-state index contributed by atoms with van der Waals surface area (Å²) in [5.41, 5.74) is 4.09. The molecule has 3 heteroatoms. The number of nitrogens with one attached hydrogen (secondary N) is 1. The molecule has 0 saturated heterocycles. The third kappa shape index (κ3) is 5.22. The van der Waals surface area contributed by atoms with Crippen LogP contribution in [-0.4, -0.2) is 10.7 Å². The van der Waals surface area contributed by atoms with Gasteiger partial charge in [-0.3, -0.25) is 10.7 Å². The summed E-state index contributed by atoms with van der Waals surface area (Å²) >= 11 is 0. The number of anilines is 1. The van der Waals surface area contributed by atoms with Gasteiger partial charge >= 0.3 is 0 Å². The van der Waals surface area contributed by atoms with Crippen LogP contribution < -0.4 is 5.48 Å². The number of hydrogen-bond acceptors (Lipinski definition) is 2. The molecule has 0 heterocycles. The maximum Gasteiger partial charge on any atom is 0.0602 e. The summed E-state index contributed by atoms with van der Waals surface area (Å²) in [4.78, 5) is 0. The fourth-order valence-electron chi connectivity index (χ4n) is 0.815. The van der Waals surface area contributed by atoms with Crippen LogP contribution in [0.4, 0.5) is 5.69 Å². The Morgan fingerprint density at radius 3 is 1.92 bits per heavy atom. The standard InChI is InChI=1S/C8H11NO.C2H6.H2O/c1-2-7-3-5-8(9-10)6-4-7;1-2;/h3-6,9-10H,2H2,1H3;1-2H3;1H2. The second kappa shape index (κ2) is 9.03. The summed E-state index contributed by atoms with van der Waals surface area (Å²) in [6, 6.07) is 7.66. The largest absolute Gasteiger partial charge is 0.412 e. The lowest BCUT2D eigenvalue weighted by molar-refractivity contribution is 0.389. The van der Waals surface area contributed by atoms with E-state index in [4.69, 9.17) is 5.21 Å². The van der Waals surface area contributed by atoms with E-state index in [-0.39, 0.29) is 5.48 Å². The molecule has 0 unspecified atom stereocenters. The maximum absolute atomic E-state index is 8.45. The van der Waals surface area contributed by atoms with Crippen LogP contribution in [0.2, 0.25) is 0 Å². The second-order valence-corrected chi connectivity index (χ2v) is 2.16. The predicted octanol–water partition coefficient (Wildman–Crippen LogP) is 2.25. The van der Waals surface area contributed by atoms with E-state index in [0.29, 0.717) is 0 Å². The van der Waals surface area contributed by atoms with Gasteiger partial charge in [0, 0.05) is 0 Å². The molecule has 1 rings (SSSR count). The van der Waals surface area contributed by atoms with E-state index in [0.717, 1.165) is 12.1 Å². The molecule has 0 atom stereocenters. The lowest BCUT2D eigenvalue weighted by Gasteiger charge is -1.98. The molecule has 0 amide bonds. The van der Waals surface area contributed by atoms with Crippen molar-refractivity contribution in [2.45, 2.75) is 27.2 Å². The lowest BCUT2D eigenvalue weighted by atomic mass is 10.2. The van der Waals surface area contributed by atoms with E-state index in [2.05, 4.69) is 12.4 Å². The molecule has 0 fully saturated rings. The molecule has 0 aliphatic heterocycles. The number of aryl methyl sites for hydroxylation is 1. The minimum atomic E-state index is 0. The van der Waals surface area contributed by atoms with Crippen molar-refractivity contribution in [3.05, 3.63) is 29.8 Å². The zero-order chi connectivity index (χ0) is 9.40. The molecule has 0 bridgehead atoms. The molecule has 76 valence electrons. The van der Waals surface area contributed by atoms with Gasteiger partial charge in [0.1, 0.15) is 0 Å². The summed E-state index contributed by atoms with van der Waals surface area (Å²) in [5.74, 6) is 0. The lowest BCUT2D eigenvalue weighted by Crippen LogP contribution is -1.88. The summed E-state index contributed by atoms with van der Waals surface area (Å²) < 4.78 is 0. The molecule has 0 saturated carbocycles. The van der Waals surface area contributed by atoms with Gasteiger partial charge in [0.25, 0.3) is 0 Å². The third-order valence-electron chi connectivity index (χ3n) is 1.49. The SMILES string of the molecule is CC.CCc1ccc(NO)cc1.O. The molecule has 0 aliphatic rings. The topological polar surface area (TPSA) is 63.8 Å². The average Bonchev–Trinajstić information content (AvgIpc) is 2.21. The Balaban J connectivity index is 0.